The monoisotopic (exact) mass is 486 g/mol. The van der Waals surface area contributed by atoms with Gasteiger partial charge in [-0.15, -0.1) is 11.3 Å². The Balaban J connectivity index is 1.12. The van der Waals surface area contributed by atoms with Gasteiger partial charge in [0.05, 0.1) is 22.0 Å². The van der Waals surface area contributed by atoms with Crippen LogP contribution in [0.2, 0.25) is 0 Å². The van der Waals surface area contributed by atoms with Gasteiger partial charge in [0.15, 0.2) is 0 Å². The number of benzene rings is 1. The van der Waals surface area contributed by atoms with Gasteiger partial charge in [-0.05, 0) is 49.2 Å². The minimum atomic E-state index is -0.0429. The zero-order valence-electron chi connectivity index (χ0n) is 19.4. The van der Waals surface area contributed by atoms with E-state index in [1.807, 2.05) is 24.3 Å². The van der Waals surface area contributed by atoms with Crippen molar-refractivity contribution in [2.24, 2.45) is 7.05 Å². The largest absolute Gasteiger partial charge is 0.353 e. The Bertz CT molecular complexity index is 1490. The number of aryl methyl sites for hydroxylation is 1. The van der Waals surface area contributed by atoms with E-state index in [9.17, 15) is 4.79 Å². The number of hydrogen-bond acceptors (Lipinski definition) is 7. The first-order valence-corrected chi connectivity index (χ1v) is 12.5. The molecule has 10 heteroatoms. The molecule has 1 amide bonds. The van der Waals surface area contributed by atoms with Crippen LogP contribution in [0.1, 0.15) is 28.2 Å². The molecule has 0 radical (unpaired) electrons. The average Bonchev–Trinajstić information content (AvgIpc) is 3.60. The SMILES string of the molecule is Cn1cccc1CN1CCC(NC(=O)c2cc3c(Nc4ccc5cn[nH]c5c4)ncnc3s2)CC1. The average molecular weight is 487 g/mol. The molecular weight excluding hydrogens is 460 g/mol. The van der Waals surface area contributed by atoms with Crippen molar-refractivity contribution in [1.82, 2.24) is 34.9 Å². The number of anilines is 2. The van der Waals surface area contributed by atoms with Crippen molar-refractivity contribution in [2.45, 2.75) is 25.4 Å². The van der Waals surface area contributed by atoms with Crippen LogP contribution < -0.4 is 10.6 Å². The molecule has 1 aromatic carbocycles. The highest BCUT2D eigenvalue weighted by molar-refractivity contribution is 7.20. The Morgan fingerprint density at radius 1 is 1.20 bits per heavy atom. The molecule has 1 aliphatic heterocycles. The van der Waals surface area contributed by atoms with Gasteiger partial charge in [0.25, 0.3) is 5.91 Å². The smallest absolute Gasteiger partial charge is 0.261 e. The first kappa shape index (κ1) is 21.8. The van der Waals surface area contributed by atoms with E-state index in [1.165, 1.54) is 23.4 Å². The molecular formula is C25H26N8OS. The Morgan fingerprint density at radius 3 is 2.91 bits per heavy atom. The molecule has 178 valence electrons. The molecule has 1 aliphatic rings. The minimum Gasteiger partial charge on any atom is -0.353 e. The number of carbonyl (C=O) groups is 1. The normalized spacial score (nSPS) is 15.1. The third-order valence-electron chi connectivity index (χ3n) is 6.62. The summed E-state index contributed by atoms with van der Waals surface area (Å²) in [5, 5.41) is 15.5. The van der Waals surface area contributed by atoms with Gasteiger partial charge in [-0.1, -0.05) is 0 Å². The second kappa shape index (κ2) is 9.12. The third kappa shape index (κ3) is 4.50. The highest BCUT2D eigenvalue weighted by atomic mass is 32.1. The number of nitrogens with one attached hydrogen (secondary N) is 3. The predicted molar refractivity (Wildman–Crippen MR) is 138 cm³/mol. The number of H-pyrrole nitrogens is 1. The quantitative estimate of drug-likeness (QED) is 0.335. The van der Waals surface area contributed by atoms with Gasteiger partial charge in [-0.3, -0.25) is 14.8 Å². The first-order valence-electron chi connectivity index (χ1n) is 11.7. The molecule has 0 unspecified atom stereocenters. The van der Waals surface area contributed by atoms with Crippen LogP contribution in [0, 0.1) is 0 Å². The van der Waals surface area contributed by atoms with Crippen LogP contribution in [-0.4, -0.2) is 54.7 Å². The maximum absolute atomic E-state index is 13.1. The summed E-state index contributed by atoms with van der Waals surface area (Å²) in [7, 11) is 2.08. The van der Waals surface area contributed by atoms with Crippen molar-refractivity contribution in [3.05, 3.63) is 65.7 Å². The Hall–Kier alpha value is -3.76. The van der Waals surface area contributed by atoms with E-state index in [1.54, 1.807) is 6.20 Å². The number of hydrogen-bond donors (Lipinski definition) is 3. The van der Waals surface area contributed by atoms with Crippen molar-refractivity contribution >= 4 is 49.9 Å². The van der Waals surface area contributed by atoms with Crippen LogP contribution in [-0.2, 0) is 13.6 Å². The van der Waals surface area contributed by atoms with Crippen molar-refractivity contribution in [3.63, 3.8) is 0 Å². The predicted octanol–water partition coefficient (Wildman–Crippen LogP) is 4.04. The number of aromatic nitrogens is 5. The fraction of sp³-hybridized carbons (Fsp3) is 0.280. The van der Waals surface area contributed by atoms with Gasteiger partial charge in [-0.2, -0.15) is 5.10 Å². The topological polar surface area (TPSA) is 104 Å². The molecule has 1 fully saturated rings. The van der Waals surface area contributed by atoms with Gasteiger partial charge >= 0.3 is 0 Å². The van der Waals surface area contributed by atoms with Crippen LogP contribution in [0.3, 0.4) is 0 Å². The fourth-order valence-electron chi connectivity index (χ4n) is 4.60. The van der Waals surface area contributed by atoms with E-state index < -0.39 is 0 Å². The summed E-state index contributed by atoms with van der Waals surface area (Å²) < 4.78 is 2.16. The lowest BCUT2D eigenvalue weighted by Crippen LogP contribution is -2.44. The zero-order valence-corrected chi connectivity index (χ0v) is 20.2. The lowest BCUT2D eigenvalue weighted by Gasteiger charge is -2.32. The molecule has 0 spiro atoms. The number of carbonyl (C=O) groups excluding carboxylic acids is 1. The molecule has 0 atom stereocenters. The van der Waals surface area contributed by atoms with Crippen LogP contribution in [0.15, 0.2) is 55.1 Å². The lowest BCUT2D eigenvalue weighted by molar-refractivity contribution is 0.0912. The number of nitrogens with zero attached hydrogens (tertiary/aromatic N) is 5. The highest BCUT2D eigenvalue weighted by Gasteiger charge is 2.23. The number of rotatable bonds is 6. The summed E-state index contributed by atoms with van der Waals surface area (Å²) in [4.78, 5) is 25.8. The summed E-state index contributed by atoms with van der Waals surface area (Å²) >= 11 is 1.40. The van der Waals surface area contributed by atoms with Crippen LogP contribution in [0.5, 0.6) is 0 Å². The molecule has 5 heterocycles. The van der Waals surface area contributed by atoms with Crippen molar-refractivity contribution in [1.29, 1.82) is 0 Å². The lowest BCUT2D eigenvalue weighted by atomic mass is 10.0. The fourth-order valence-corrected chi connectivity index (χ4v) is 5.50. The van der Waals surface area contributed by atoms with Crippen LogP contribution in [0.25, 0.3) is 21.1 Å². The minimum absolute atomic E-state index is 0.0429. The van der Waals surface area contributed by atoms with Crippen molar-refractivity contribution in [3.8, 4) is 0 Å². The molecule has 0 saturated carbocycles. The van der Waals surface area contributed by atoms with Gasteiger partial charge in [0.1, 0.15) is 17.0 Å². The molecule has 4 aromatic heterocycles. The van der Waals surface area contributed by atoms with E-state index >= 15 is 0 Å². The van der Waals surface area contributed by atoms with E-state index in [4.69, 9.17) is 0 Å². The third-order valence-corrected chi connectivity index (χ3v) is 7.66. The Labute approximate surface area is 206 Å². The summed E-state index contributed by atoms with van der Waals surface area (Å²) in [6, 6.07) is 12.3. The van der Waals surface area contributed by atoms with E-state index in [2.05, 4.69) is 65.6 Å². The zero-order chi connectivity index (χ0) is 23.8. The van der Waals surface area contributed by atoms with E-state index in [-0.39, 0.29) is 11.9 Å². The van der Waals surface area contributed by atoms with Gasteiger partial charge in [-0.25, -0.2) is 9.97 Å². The molecule has 6 rings (SSSR count). The summed E-state index contributed by atoms with van der Waals surface area (Å²) in [6.45, 7) is 2.90. The number of aromatic amines is 1. The van der Waals surface area contributed by atoms with Crippen LogP contribution >= 0.6 is 11.3 Å². The summed E-state index contributed by atoms with van der Waals surface area (Å²) in [6.07, 6.45) is 7.29. The van der Waals surface area contributed by atoms with Crippen molar-refractivity contribution in [2.75, 3.05) is 18.4 Å². The first-order chi connectivity index (χ1) is 17.1. The molecule has 1 saturated heterocycles. The summed E-state index contributed by atoms with van der Waals surface area (Å²) in [5.41, 5.74) is 3.15. The van der Waals surface area contributed by atoms with Gasteiger partial charge in [0, 0.05) is 55.7 Å². The van der Waals surface area contributed by atoms with Crippen LogP contribution in [0.4, 0.5) is 11.5 Å². The molecule has 35 heavy (non-hydrogen) atoms. The molecule has 0 bridgehead atoms. The second-order valence-electron chi connectivity index (χ2n) is 8.98. The highest BCUT2D eigenvalue weighted by Crippen LogP contribution is 2.31. The number of likely N-dealkylation sites (tertiary alicyclic amines) is 1. The Kier molecular flexibility index (Phi) is 5.67. The number of amides is 1. The number of thiophene rings is 1. The standard InChI is InChI=1S/C25H26N8OS/c1-32-8-2-3-19(32)14-33-9-6-17(7-10-33)30-24(34)22-12-20-23(26-15-27-25(20)35-22)29-18-5-4-16-13-28-31-21(16)11-18/h2-5,8,11-13,15,17H,6-7,9-10,14H2,1H3,(H,28,31)(H,30,34)(H,26,27,29). The number of piperidine rings is 1. The number of fused-ring (bicyclic) bond motifs is 2. The van der Waals surface area contributed by atoms with E-state index in [0.29, 0.717) is 10.7 Å². The maximum Gasteiger partial charge on any atom is 0.261 e. The Morgan fingerprint density at radius 2 is 2.09 bits per heavy atom. The van der Waals surface area contributed by atoms with Gasteiger partial charge in [0.2, 0.25) is 0 Å². The second-order valence-corrected chi connectivity index (χ2v) is 10.0. The molecule has 0 aliphatic carbocycles. The maximum atomic E-state index is 13.1. The summed E-state index contributed by atoms with van der Waals surface area (Å²) in [5.74, 6) is 0.636. The molecule has 9 nitrogen and oxygen atoms in total. The molecule has 5 aromatic rings. The van der Waals surface area contributed by atoms with Gasteiger partial charge < -0.3 is 15.2 Å². The van der Waals surface area contributed by atoms with E-state index in [0.717, 1.165) is 59.3 Å². The molecule has 3 N–H and O–H groups in total. The van der Waals surface area contributed by atoms with Crippen molar-refractivity contribution < 1.29 is 4.79 Å².